The van der Waals surface area contributed by atoms with Gasteiger partial charge < -0.3 is 5.73 Å². The molecule has 0 aromatic carbocycles. The zero-order valence-electron chi connectivity index (χ0n) is 10.4. The summed E-state index contributed by atoms with van der Waals surface area (Å²) in [6.07, 6.45) is 4.53. The molecule has 17 heavy (non-hydrogen) atoms. The molecule has 3 nitrogen and oxygen atoms in total. The Balaban J connectivity index is 2.33. The first kappa shape index (κ1) is 12.0. The Morgan fingerprint density at radius 1 is 1.35 bits per heavy atom. The third kappa shape index (κ3) is 2.82. The van der Waals surface area contributed by atoms with Gasteiger partial charge in [0.25, 0.3) is 0 Å². The number of hydrogen-bond acceptors (Lipinski definition) is 4. The van der Waals surface area contributed by atoms with Crippen molar-refractivity contribution in [2.45, 2.75) is 32.6 Å². The van der Waals surface area contributed by atoms with Crippen molar-refractivity contribution in [3.05, 3.63) is 40.7 Å². The quantitative estimate of drug-likeness (QED) is 0.887. The largest absolute Gasteiger partial charge is 0.375 e. The molecule has 0 fully saturated rings. The number of nitrogen functional groups attached to an aromatic ring is 1. The van der Waals surface area contributed by atoms with Crippen LogP contribution in [-0.2, 0) is 11.8 Å². The molecule has 90 valence electrons. The smallest absolute Gasteiger partial charge is 0.180 e. The van der Waals surface area contributed by atoms with Gasteiger partial charge in [0.05, 0.1) is 5.69 Å². The molecule has 0 bridgehead atoms. The number of nitrogens with two attached hydrogens (primary N) is 1. The second-order valence-electron chi connectivity index (χ2n) is 5.11. The zero-order chi connectivity index (χ0) is 12.5. The highest BCUT2D eigenvalue weighted by Gasteiger charge is 2.22. The fourth-order valence-corrected chi connectivity index (χ4v) is 2.84. The summed E-state index contributed by atoms with van der Waals surface area (Å²) < 4.78 is 0. The summed E-state index contributed by atoms with van der Waals surface area (Å²) in [5.74, 6) is 0. The zero-order valence-corrected chi connectivity index (χ0v) is 11.2. The van der Waals surface area contributed by atoms with Gasteiger partial charge in [0.2, 0.25) is 0 Å². The van der Waals surface area contributed by atoms with E-state index in [1.807, 2.05) is 12.3 Å². The number of nitrogens with zero attached hydrogens (tertiary/aromatic N) is 2. The summed E-state index contributed by atoms with van der Waals surface area (Å²) in [7, 11) is 0. The maximum atomic E-state index is 5.82. The van der Waals surface area contributed by atoms with Crippen LogP contribution in [0.25, 0.3) is 0 Å². The summed E-state index contributed by atoms with van der Waals surface area (Å²) >= 11 is 1.57. The maximum absolute atomic E-state index is 5.82. The molecule has 2 aromatic heterocycles. The second kappa shape index (κ2) is 4.45. The topological polar surface area (TPSA) is 51.8 Å². The summed E-state index contributed by atoms with van der Waals surface area (Å²) in [4.78, 5) is 9.83. The lowest BCUT2D eigenvalue weighted by atomic mass is 9.90. The van der Waals surface area contributed by atoms with Crippen molar-refractivity contribution in [3.63, 3.8) is 0 Å². The van der Waals surface area contributed by atoms with Crippen LogP contribution in [-0.4, -0.2) is 9.97 Å². The Morgan fingerprint density at radius 3 is 2.71 bits per heavy atom. The molecule has 0 spiro atoms. The van der Waals surface area contributed by atoms with Crippen LogP contribution in [0.2, 0.25) is 0 Å². The molecule has 0 aliphatic carbocycles. The molecule has 0 saturated heterocycles. The normalized spacial score (nSPS) is 11.7. The van der Waals surface area contributed by atoms with Crippen LogP contribution in [0.5, 0.6) is 0 Å². The van der Waals surface area contributed by atoms with Crippen molar-refractivity contribution >= 4 is 16.5 Å². The van der Waals surface area contributed by atoms with Crippen LogP contribution in [0.4, 0.5) is 5.13 Å². The van der Waals surface area contributed by atoms with Crippen LogP contribution < -0.4 is 5.73 Å². The van der Waals surface area contributed by atoms with E-state index in [0.717, 1.165) is 12.1 Å². The van der Waals surface area contributed by atoms with E-state index in [1.54, 1.807) is 17.5 Å². The molecule has 0 aliphatic heterocycles. The van der Waals surface area contributed by atoms with Crippen molar-refractivity contribution in [2.75, 3.05) is 5.73 Å². The fraction of sp³-hybridized carbons (Fsp3) is 0.385. The maximum Gasteiger partial charge on any atom is 0.180 e. The molecular formula is C13H17N3S. The van der Waals surface area contributed by atoms with Crippen LogP contribution in [0.3, 0.4) is 0 Å². The van der Waals surface area contributed by atoms with Crippen molar-refractivity contribution in [3.8, 4) is 0 Å². The van der Waals surface area contributed by atoms with Gasteiger partial charge in [0.1, 0.15) is 0 Å². The molecule has 0 radical (unpaired) electrons. The van der Waals surface area contributed by atoms with E-state index in [4.69, 9.17) is 5.73 Å². The lowest BCUT2D eigenvalue weighted by molar-refractivity contribution is 0.568. The third-order valence-corrected chi connectivity index (χ3v) is 3.40. The monoisotopic (exact) mass is 247 g/mol. The van der Waals surface area contributed by atoms with E-state index in [0.29, 0.717) is 5.13 Å². The number of aromatic nitrogens is 2. The lowest BCUT2D eigenvalue weighted by Gasteiger charge is -2.17. The lowest BCUT2D eigenvalue weighted by Crippen LogP contribution is -2.14. The molecule has 0 saturated carbocycles. The van der Waals surface area contributed by atoms with Crippen molar-refractivity contribution in [1.29, 1.82) is 0 Å². The molecule has 2 rings (SSSR count). The molecule has 2 heterocycles. The van der Waals surface area contributed by atoms with Gasteiger partial charge in [-0.15, -0.1) is 11.3 Å². The van der Waals surface area contributed by atoms with E-state index >= 15 is 0 Å². The fourth-order valence-electron chi connectivity index (χ4n) is 1.76. The number of hydrogen-bond donors (Lipinski definition) is 1. The van der Waals surface area contributed by atoms with Crippen LogP contribution in [0, 0.1) is 0 Å². The SMILES string of the molecule is CC(C)(C)c1nc(N)sc1Cc1cccnc1. The van der Waals surface area contributed by atoms with Gasteiger partial charge in [-0.3, -0.25) is 4.98 Å². The van der Waals surface area contributed by atoms with E-state index in [-0.39, 0.29) is 5.41 Å². The number of thiazole rings is 1. The highest BCUT2D eigenvalue weighted by atomic mass is 32.1. The van der Waals surface area contributed by atoms with Crippen LogP contribution in [0.15, 0.2) is 24.5 Å². The minimum absolute atomic E-state index is 0.0334. The van der Waals surface area contributed by atoms with Gasteiger partial charge in [0, 0.05) is 29.1 Å². The Labute approximate surface area is 106 Å². The molecule has 0 unspecified atom stereocenters. The van der Waals surface area contributed by atoms with Crippen molar-refractivity contribution in [1.82, 2.24) is 9.97 Å². The number of anilines is 1. The molecule has 0 amide bonds. The molecule has 0 aliphatic rings. The number of pyridine rings is 1. The Kier molecular flexibility index (Phi) is 3.15. The summed E-state index contributed by atoms with van der Waals surface area (Å²) in [6, 6.07) is 4.03. The van der Waals surface area contributed by atoms with Crippen molar-refractivity contribution < 1.29 is 0 Å². The summed E-state index contributed by atoms with van der Waals surface area (Å²) in [6.45, 7) is 6.48. The summed E-state index contributed by atoms with van der Waals surface area (Å²) in [5.41, 5.74) is 8.15. The van der Waals surface area contributed by atoms with E-state index in [1.165, 1.54) is 10.4 Å². The van der Waals surface area contributed by atoms with Gasteiger partial charge in [-0.25, -0.2) is 4.98 Å². The molecular weight excluding hydrogens is 230 g/mol. The second-order valence-corrected chi connectivity index (χ2v) is 6.23. The Bertz CT molecular complexity index is 497. The van der Waals surface area contributed by atoms with E-state index in [9.17, 15) is 0 Å². The minimum Gasteiger partial charge on any atom is -0.375 e. The standard InChI is InChI=1S/C13H17N3S/c1-13(2,3)11-10(17-12(14)16-11)7-9-5-4-6-15-8-9/h4-6,8H,7H2,1-3H3,(H2,14,16). The van der Waals surface area contributed by atoms with E-state index in [2.05, 4.69) is 36.8 Å². The van der Waals surface area contributed by atoms with E-state index < -0.39 is 0 Å². The third-order valence-electron chi connectivity index (χ3n) is 2.51. The average molecular weight is 247 g/mol. The number of rotatable bonds is 2. The van der Waals surface area contributed by atoms with Gasteiger partial charge in [-0.05, 0) is 11.6 Å². The molecule has 4 heteroatoms. The first-order valence-electron chi connectivity index (χ1n) is 5.61. The molecule has 2 aromatic rings. The Hall–Kier alpha value is -1.42. The average Bonchev–Trinajstić information content (AvgIpc) is 2.60. The predicted octanol–water partition coefficient (Wildman–Crippen LogP) is 3.01. The van der Waals surface area contributed by atoms with Gasteiger partial charge in [-0.1, -0.05) is 26.8 Å². The highest BCUT2D eigenvalue weighted by molar-refractivity contribution is 7.15. The summed E-state index contributed by atoms with van der Waals surface area (Å²) in [5, 5.41) is 0.647. The molecule has 0 atom stereocenters. The first-order valence-corrected chi connectivity index (χ1v) is 6.43. The minimum atomic E-state index is 0.0334. The van der Waals surface area contributed by atoms with Crippen LogP contribution in [0.1, 0.15) is 36.9 Å². The highest BCUT2D eigenvalue weighted by Crippen LogP contribution is 2.32. The predicted molar refractivity (Wildman–Crippen MR) is 72.3 cm³/mol. The van der Waals surface area contributed by atoms with Gasteiger partial charge in [-0.2, -0.15) is 0 Å². The van der Waals surface area contributed by atoms with Crippen molar-refractivity contribution in [2.24, 2.45) is 0 Å². The Morgan fingerprint density at radius 2 is 2.12 bits per heavy atom. The first-order chi connectivity index (χ1) is 7.97. The van der Waals surface area contributed by atoms with Gasteiger partial charge >= 0.3 is 0 Å². The molecule has 2 N–H and O–H groups in total. The van der Waals surface area contributed by atoms with Gasteiger partial charge in [0.15, 0.2) is 5.13 Å². The van der Waals surface area contributed by atoms with Crippen LogP contribution >= 0.6 is 11.3 Å².